The van der Waals surface area contributed by atoms with Gasteiger partial charge in [-0.05, 0) is 31.4 Å². The van der Waals surface area contributed by atoms with E-state index in [0.717, 1.165) is 25.3 Å². The van der Waals surface area contributed by atoms with Crippen LogP contribution in [0.1, 0.15) is 36.7 Å². The molecule has 0 aliphatic carbocycles. The minimum Gasteiger partial charge on any atom is -0.390 e. The molecule has 1 atom stereocenters. The first-order valence-corrected chi connectivity index (χ1v) is 7.48. The van der Waals surface area contributed by atoms with Crippen LogP contribution >= 0.6 is 0 Å². The Morgan fingerprint density at radius 1 is 1.26 bits per heavy atom. The second kappa shape index (κ2) is 6.33. The molecule has 1 fully saturated rings. The topological polar surface area (TPSA) is 47.3 Å². The highest BCUT2D eigenvalue weighted by molar-refractivity contribution is 5.64. The summed E-state index contributed by atoms with van der Waals surface area (Å²) in [6, 6.07) is 6.80. The van der Waals surface area contributed by atoms with Crippen LogP contribution in [0, 0.1) is 0 Å². The van der Waals surface area contributed by atoms with Gasteiger partial charge in [-0.3, -0.25) is 0 Å². The number of benzene rings is 1. The van der Waals surface area contributed by atoms with E-state index < -0.39 is 11.7 Å². The summed E-state index contributed by atoms with van der Waals surface area (Å²) in [7, 11) is 0. The number of rotatable bonds is 3. The lowest BCUT2D eigenvalue weighted by atomic mass is 10.0. The molecule has 1 aliphatic heterocycles. The predicted molar refractivity (Wildman–Crippen MR) is 77.4 cm³/mol. The Bertz CT molecular complexity index is 676. The van der Waals surface area contributed by atoms with Gasteiger partial charge in [-0.2, -0.15) is 18.3 Å². The van der Waals surface area contributed by atoms with Gasteiger partial charge < -0.3 is 9.84 Å². The third-order valence-electron chi connectivity index (χ3n) is 3.91. The first kappa shape index (κ1) is 16.0. The number of alkyl halides is 3. The summed E-state index contributed by atoms with van der Waals surface area (Å²) in [6.45, 7) is 0.283. The molecule has 4 nitrogen and oxygen atoms in total. The van der Waals surface area contributed by atoms with E-state index in [1.165, 1.54) is 22.9 Å². The second-order valence-corrected chi connectivity index (χ2v) is 5.49. The third-order valence-corrected chi connectivity index (χ3v) is 3.91. The highest BCUT2D eigenvalue weighted by Crippen LogP contribution is 2.37. The number of aliphatic hydroxyl groups is 1. The molecular weight excluding hydrogens is 309 g/mol. The van der Waals surface area contributed by atoms with Crippen molar-refractivity contribution in [3.63, 3.8) is 0 Å². The molecule has 23 heavy (non-hydrogen) atoms. The molecule has 0 bridgehead atoms. The highest BCUT2D eigenvalue weighted by atomic mass is 19.4. The van der Waals surface area contributed by atoms with Gasteiger partial charge in [0.1, 0.15) is 0 Å². The van der Waals surface area contributed by atoms with Crippen molar-refractivity contribution in [1.82, 2.24) is 9.78 Å². The molecule has 0 saturated carbocycles. The minimum atomic E-state index is -4.46. The summed E-state index contributed by atoms with van der Waals surface area (Å²) in [5.41, 5.74) is -0.0945. The van der Waals surface area contributed by atoms with E-state index in [9.17, 15) is 18.3 Å². The Labute approximate surface area is 131 Å². The van der Waals surface area contributed by atoms with Crippen LogP contribution in [0.25, 0.3) is 11.3 Å². The molecule has 1 aliphatic rings. The van der Waals surface area contributed by atoms with Crippen molar-refractivity contribution in [2.24, 2.45) is 0 Å². The average Bonchev–Trinajstić information content (AvgIpc) is 2.99. The quantitative estimate of drug-likeness (QED) is 0.934. The Morgan fingerprint density at radius 2 is 2.04 bits per heavy atom. The van der Waals surface area contributed by atoms with Crippen LogP contribution in [-0.4, -0.2) is 21.5 Å². The molecular formula is C16H17F3N2O2. The molecule has 7 heteroatoms. The summed E-state index contributed by atoms with van der Waals surface area (Å²) in [5, 5.41) is 13.8. The molecule has 1 N–H and O–H groups in total. The molecule has 0 radical (unpaired) electrons. The molecule has 2 aromatic rings. The van der Waals surface area contributed by atoms with Gasteiger partial charge in [0.2, 0.25) is 0 Å². The van der Waals surface area contributed by atoms with Crippen molar-refractivity contribution in [2.45, 2.75) is 38.3 Å². The molecule has 1 aromatic carbocycles. The van der Waals surface area contributed by atoms with Crippen LogP contribution in [0.5, 0.6) is 0 Å². The zero-order valence-electron chi connectivity index (χ0n) is 12.4. The van der Waals surface area contributed by atoms with Crippen molar-refractivity contribution >= 4 is 0 Å². The van der Waals surface area contributed by atoms with Crippen molar-refractivity contribution in [3.05, 3.63) is 41.6 Å². The largest absolute Gasteiger partial charge is 0.417 e. The summed E-state index contributed by atoms with van der Waals surface area (Å²) in [6.07, 6.45) is -2.15. The van der Waals surface area contributed by atoms with Crippen LogP contribution in [0.3, 0.4) is 0 Å². The Balaban J connectivity index is 2.03. The predicted octanol–water partition coefficient (Wildman–Crippen LogP) is 3.76. The Hall–Kier alpha value is -1.86. The van der Waals surface area contributed by atoms with Crippen LogP contribution in [-0.2, 0) is 17.5 Å². The maximum Gasteiger partial charge on any atom is 0.417 e. The van der Waals surface area contributed by atoms with E-state index in [1.807, 2.05) is 0 Å². The normalized spacial score (nSPS) is 19.0. The van der Waals surface area contributed by atoms with Gasteiger partial charge in [0.25, 0.3) is 0 Å². The molecule has 0 amide bonds. The maximum absolute atomic E-state index is 13.2. The lowest BCUT2D eigenvalue weighted by Gasteiger charge is -2.24. The van der Waals surface area contributed by atoms with E-state index in [4.69, 9.17) is 4.74 Å². The fraction of sp³-hybridized carbons (Fsp3) is 0.438. The van der Waals surface area contributed by atoms with E-state index in [-0.39, 0.29) is 24.1 Å². The maximum atomic E-state index is 13.2. The van der Waals surface area contributed by atoms with E-state index >= 15 is 0 Å². The molecule has 2 heterocycles. The van der Waals surface area contributed by atoms with Crippen LogP contribution in [0.2, 0.25) is 0 Å². The lowest BCUT2D eigenvalue weighted by molar-refractivity contribution is -0.137. The third kappa shape index (κ3) is 3.25. The van der Waals surface area contributed by atoms with Gasteiger partial charge in [-0.15, -0.1) is 0 Å². The van der Waals surface area contributed by atoms with Crippen molar-refractivity contribution in [1.29, 1.82) is 0 Å². The van der Waals surface area contributed by atoms with Crippen LogP contribution < -0.4 is 0 Å². The van der Waals surface area contributed by atoms with Gasteiger partial charge in [0.05, 0.1) is 23.6 Å². The zero-order valence-corrected chi connectivity index (χ0v) is 12.4. The van der Waals surface area contributed by atoms with Crippen LogP contribution in [0.4, 0.5) is 13.2 Å². The van der Waals surface area contributed by atoms with Gasteiger partial charge >= 0.3 is 6.18 Å². The van der Waals surface area contributed by atoms with Crippen molar-refractivity contribution in [2.75, 3.05) is 6.61 Å². The number of ether oxygens (including phenoxy) is 1. The smallest absolute Gasteiger partial charge is 0.390 e. The molecule has 1 saturated heterocycles. The zero-order chi connectivity index (χ0) is 16.4. The SMILES string of the molecule is OCc1cc(-c2ccccc2C(F)(F)F)nn1C1CCCCO1. The van der Waals surface area contributed by atoms with Crippen molar-refractivity contribution < 1.29 is 23.0 Å². The van der Waals surface area contributed by atoms with Gasteiger partial charge in [-0.1, -0.05) is 18.2 Å². The lowest BCUT2D eigenvalue weighted by Crippen LogP contribution is -2.21. The highest BCUT2D eigenvalue weighted by Gasteiger charge is 2.34. The standard InChI is InChI=1S/C16H17F3N2O2/c17-16(18,19)13-6-2-1-5-12(13)14-9-11(10-22)21(20-14)15-7-3-4-8-23-15/h1-2,5-6,9,15,22H,3-4,7-8,10H2. The molecule has 1 aromatic heterocycles. The average molecular weight is 326 g/mol. The van der Waals surface area contributed by atoms with E-state index in [1.54, 1.807) is 6.07 Å². The van der Waals surface area contributed by atoms with E-state index in [0.29, 0.717) is 12.3 Å². The number of hydrogen-bond donors (Lipinski definition) is 1. The molecule has 0 spiro atoms. The number of hydrogen-bond acceptors (Lipinski definition) is 3. The molecule has 1 unspecified atom stereocenters. The number of aromatic nitrogens is 2. The fourth-order valence-corrected chi connectivity index (χ4v) is 2.80. The monoisotopic (exact) mass is 326 g/mol. The Morgan fingerprint density at radius 3 is 2.70 bits per heavy atom. The minimum absolute atomic E-state index is 0.00394. The summed E-state index contributed by atoms with van der Waals surface area (Å²) >= 11 is 0. The van der Waals surface area contributed by atoms with Gasteiger partial charge in [-0.25, -0.2) is 4.68 Å². The van der Waals surface area contributed by atoms with E-state index in [2.05, 4.69) is 5.10 Å². The van der Waals surface area contributed by atoms with Crippen molar-refractivity contribution in [3.8, 4) is 11.3 Å². The fourth-order valence-electron chi connectivity index (χ4n) is 2.80. The van der Waals surface area contributed by atoms with Gasteiger partial charge in [0, 0.05) is 12.2 Å². The first-order chi connectivity index (χ1) is 11.0. The number of halogens is 3. The first-order valence-electron chi connectivity index (χ1n) is 7.48. The summed E-state index contributed by atoms with van der Waals surface area (Å²) < 4.78 is 46.6. The van der Waals surface area contributed by atoms with Crippen LogP contribution in [0.15, 0.2) is 30.3 Å². The second-order valence-electron chi connectivity index (χ2n) is 5.49. The Kier molecular flexibility index (Phi) is 4.41. The summed E-state index contributed by atoms with van der Waals surface area (Å²) in [5.74, 6) is 0. The summed E-state index contributed by atoms with van der Waals surface area (Å²) in [4.78, 5) is 0. The molecule has 3 rings (SSSR count). The number of nitrogens with zero attached hydrogens (tertiary/aromatic N) is 2. The number of aliphatic hydroxyl groups excluding tert-OH is 1. The van der Waals surface area contributed by atoms with Gasteiger partial charge in [0.15, 0.2) is 6.23 Å². The molecule has 124 valence electrons.